The summed E-state index contributed by atoms with van der Waals surface area (Å²) >= 11 is 0. The highest BCUT2D eigenvalue weighted by molar-refractivity contribution is 4.59. The average Bonchev–Trinajstić information content (AvgIpc) is 2.20. The molecule has 1 unspecified atom stereocenters. The van der Waals surface area contributed by atoms with E-state index in [1.807, 2.05) is 0 Å². The van der Waals surface area contributed by atoms with E-state index >= 15 is 0 Å². The van der Waals surface area contributed by atoms with Gasteiger partial charge in [-0.25, -0.2) is 0 Å². The van der Waals surface area contributed by atoms with E-state index in [2.05, 4.69) is 20.8 Å². The second-order valence-corrected chi connectivity index (χ2v) is 4.50. The van der Waals surface area contributed by atoms with Gasteiger partial charge in [-0.15, -0.1) is 0 Å². The minimum Gasteiger partial charge on any atom is -0.0654 e. The Hall–Kier alpha value is 0. The Morgan fingerprint density at radius 3 is 2.07 bits per heavy atom. The molecule has 0 spiro atoms. The van der Waals surface area contributed by atoms with Crippen LogP contribution in [0.5, 0.6) is 0 Å². The molecule has 0 amide bonds. The monoisotopic (exact) mass is 197 g/mol. The Bertz CT molecular complexity index is 96.2. The van der Waals surface area contributed by atoms with Gasteiger partial charge in [-0.1, -0.05) is 85.0 Å². The molecule has 0 aromatic carbocycles. The van der Waals surface area contributed by atoms with Crippen molar-refractivity contribution in [1.29, 1.82) is 0 Å². The third kappa shape index (κ3) is 8.59. The molecule has 0 aliphatic carbocycles. The van der Waals surface area contributed by atoms with E-state index in [4.69, 9.17) is 0 Å². The summed E-state index contributed by atoms with van der Waals surface area (Å²) in [7, 11) is 0. The van der Waals surface area contributed by atoms with Crippen molar-refractivity contribution in [3.8, 4) is 0 Å². The van der Waals surface area contributed by atoms with Gasteiger partial charge < -0.3 is 0 Å². The van der Waals surface area contributed by atoms with Gasteiger partial charge in [-0.3, -0.25) is 0 Å². The molecule has 0 heteroatoms. The zero-order valence-electron chi connectivity index (χ0n) is 10.4. The topological polar surface area (TPSA) is 0 Å². The summed E-state index contributed by atoms with van der Waals surface area (Å²) in [6.07, 6.45) is 13.8. The second-order valence-electron chi connectivity index (χ2n) is 4.50. The number of rotatable bonds is 10. The number of hydrogen-bond acceptors (Lipinski definition) is 0. The summed E-state index contributed by atoms with van der Waals surface area (Å²) in [5.74, 6) is 1.02. The summed E-state index contributed by atoms with van der Waals surface area (Å²) in [6, 6.07) is 0. The molecule has 0 nitrogen and oxygen atoms in total. The molecule has 0 rings (SSSR count). The molecule has 0 aliphatic rings. The molecule has 0 saturated carbocycles. The molecule has 0 heterocycles. The predicted octanol–water partition coefficient (Wildman–Crippen LogP) is 5.38. The van der Waals surface area contributed by atoms with Crippen LogP contribution in [0.3, 0.4) is 0 Å². The lowest BCUT2D eigenvalue weighted by molar-refractivity contribution is 0.385. The van der Waals surface area contributed by atoms with E-state index in [0.29, 0.717) is 0 Å². The first-order valence-electron chi connectivity index (χ1n) is 6.64. The SMILES string of the molecule is [CH2]CCCCCC(CCC)CCCC. The molecule has 14 heavy (non-hydrogen) atoms. The van der Waals surface area contributed by atoms with E-state index < -0.39 is 0 Å². The summed E-state index contributed by atoms with van der Waals surface area (Å²) in [4.78, 5) is 0. The Morgan fingerprint density at radius 1 is 0.786 bits per heavy atom. The maximum Gasteiger partial charge on any atom is -0.0414 e. The molecule has 0 aromatic rings. The van der Waals surface area contributed by atoms with Gasteiger partial charge >= 0.3 is 0 Å². The first-order valence-corrected chi connectivity index (χ1v) is 6.64. The van der Waals surface area contributed by atoms with Crippen LogP contribution < -0.4 is 0 Å². The van der Waals surface area contributed by atoms with Gasteiger partial charge in [0.1, 0.15) is 0 Å². The molecule has 0 fully saturated rings. The van der Waals surface area contributed by atoms with Crippen molar-refractivity contribution in [3.05, 3.63) is 6.92 Å². The molecule has 85 valence electrons. The van der Waals surface area contributed by atoms with Crippen molar-refractivity contribution < 1.29 is 0 Å². The smallest absolute Gasteiger partial charge is 0.0414 e. The van der Waals surface area contributed by atoms with Gasteiger partial charge in [-0.2, -0.15) is 0 Å². The summed E-state index contributed by atoms with van der Waals surface area (Å²) < 4.78 is 0. The van der Waals surface area contributed by atoms with Gasteiger partial charge in [-0.05, 0) is 5.92 Å². The van der Waals surface area contributed by atoms with E-state index in [-0.39, 0.29) is 0 Å². The Morgan fingerprint density at radius 2 is 1.50 bits per heavy atom. The fraction of sp³-hybridized carbons (Fsp3) is 0.929. The highest BCUT2D eigenvalue weighted by Crippen LogP contribution is 2.21. The Kier molecular flexibility index (Phi) is 11.1. The van der Waals surface area contributed by atoms with Crippen LogP contribution >= 0.6 is 0 Å². The van der Waals surface area contributed by atoms with Crippen LogP contribution in [-0.4, -0.2) is 0 Å². The zero-order chi connectivity index (χ0) is 10.6. The van der Waals surface area contributed by atoms with Gasteiger partial charge in [0.2, 0.25) is 0 Å². The number of hydrogen-bond donors (Lipinski definition) is 0. The Balaban J connectivity index is 3.40. The van der Waals surface area contributed by atoms with Crippen molar-refractivity contribution >= 4 is 0 Å². The Labute approximate surface area is 91.5 Å². The maximum absolute atomic E-state index is 3.89. The lowest BCUT2D eigenvalue weighted by Gasteiger charge is -2.15. The van der Waals surface area contributed by atoms with Crippen molar-refractivity contribution in [3.63, 3.8) is 0 Å². The third-order valence-electron chi connectivity index (χ3n) is 3.03. The van der Waals surface area contributed by atoms with Crippen LogP contribution in [0.1, 0.15) is 78.1 Å². The lowest BCUT2D eigenvalue weighted by atomic mass is 9.91. The normalized spacial score (nSPS) is 13.1. The minimum atomic E-state index is 1.02. The van der Waals surface area contributed by atoms with Crippen molar-refractivity contribution in [2.24, 2.45) is 5.92 Å². The van der Waals surface area contributed by atoms with Crippen LogP contribution in [0.15, 0.2) is 0 Å². The van der Waals surface area contributed by atoms with Crippen LogP contribution in [0.2, 0.25) is 0 Å². The van der Waals surface area contributed by atoms with Gasteiger partial charge in [0.25, 0.3) is 0 Å². The molecule has 1 radical (unpaired) electrons. The first-order chi connectivity index (χ1) is 6.85. The van der Waals surface area contributed by atoms with Crippen molar-refractivity contribution in [2.75, 3.05) is 0 Å². The van der Waals surface area contributed by atoms with Crippen molar-refractivity contribution in [1.82, 2.24) is 0 Å². The van der Waals surface area contributed by atoms with Crippen LogP contribution in [0.4, 0.5) is 0 Å². The first kappa shape index (κ1) is 14.0. The predicted molar refractivity (Wildman–Crippen MR) is 66.4 cm³/mol. The van der Waals surface area contributed by atoms with Crippen LogP contribution in [0, 0.1) is 12.8 Å². The summed E-state index contributed by atoms with van der Waals surface area (Å²) in [5, 5.41) is 0. The van der Waals surface area contributed by atoms with E-state index in [0.717, 1.165) is 12.3 Å². The highest BCUT2D eigenvalue weighted by atomic mass is 14.1. The minimum absolute atomic E-state index is 1.02. The van der Waals surface area contributed by atoms with Crippen LogP contribution in [0.25, 0.3) is 0 Å². The van der Waals surface area contributed by atoms with E-state index in [1.54, 1.807) is 0 Å². The van der Waals surface area contributed by atoms with Crippen LogP contribution in [-0.2, 0) is 0 Å². The fourth-order valence-corrected chi connectivity index (χ4v) is 2.12. The lowest BCUT2D eigenvalue weighted by Crippen LogP contribution is -2.00. The maximum atomic E-state index is 3.89. The standard InChI is InChI=1S/C14H29/c1-4-7-9-10-13-14(11-6-3)12-8-5-2/h14H,1,4-13H2,2-3H3. The molecule has 0 bridgehead atoms. The molecular formula is C14H29. The van der Waals surface area contributed by atoms with Gasteiger partial charge in [0, 0.05) is 0 Å². The molecule has 0 N–H and O–H groups in total. The van der Waals surface area contributed by atoms with E-state index in [1.165, 1.54) is 57.8 Å². The molecule has 0 aliphatic heterocycles. The highest BCUT2D eigenvalue weighted by Gasteiger charge is 2.06. The molecular weight excluding hydrogens is 168 g/mol. The molecule has 1 atom stereocenters. The summed E-state index contributed by atoms with van der Waals surface area (Å²) in [6.45, 7) is 8.50. The number of unbranched alkanes of at least 4 members (excludes halogenated alkanes) is 4. The molecule has 0 aromatic heterocycles. The quantitative estimate of drug-likeness (QED) is 0.413. The van der Waals surface area contributed by atoms with E-state index in [9.17, 15) is 0 Å². The second kappa shape index (κ2) is 11.1. The third-order valence-corrected chi connectivity index (χ3v) is 3.03. The average molecular weight is 197 g/mol. The fourth-order valence-electron chi connectivity index (χ4n) is 2.12. The largest absolute Gasteiger partial charge is 0.0654 e. The zero-order valence-corrected chi connectivity index (χ0v) is 10.4. The molecule has 0 saturated heterocycles. The van der Waals surface area contributed by atoms with Crippen molar-refractivity contribution in [2.45, 2.75) is 78.1 Å². The summed E-state index contributed by atoms with van der Waals surface area (Å²) in [5.41, 5.74) is 0. The van der Waals surface area contributed by atoms with Gasteiger partial charge in [0.05, 0.1) is 0 Å². The van der Waals surface area contributed by atoms with Gasteiger partial charge in [0.15, 0.2) is 0 Å².